The van der Waals surface area contributed by atoms with E-state index in [9.17, 15) is 0 Å². The topological polar surface area (TPSA) is 77.8 Å². The van der Waals surface area contributed by atoms with Crippen LogP contribution in [-0.2, 0) is 0 Å². The average Bonchev–Trinajstić information content (AvgIpc) is 2.85. The Morgan fingerprint density at radius 1 is 1.37 bits per heavy atom. The van der Waals surface area contributed by atoms with Crippen LogP contribution in [0.1, 0.15) is 32.1 Å². The van der Waals surface area contributed by atoms with Crippen molar-refractivity contribution in [2.75, 3.05) is 6.54 Å². The molecule has 5 nitrogen and oxygen atoms in total. The quantitative estimate of drug-likeness (QED) is 0.914. The number of rotatable bonds is 5. The van der Waals surface area contributed by atoms with Crippen LogP contribution in [-0.4, -0.2) is 21.7 Å². The van der Waals surface area contributed by atoms with Gasteiger partial charge in [0.2, 0.25) is 11.7 Å². The molecular formula is C13H17BrN4O. The highest BCUT2D eigenvalue weighted by atomic mass is 79.9. The number of halogens is 1. The smallest absolute Gasteiger partial charge is 0.231 e. The zero-order valence-corrected chi connectivity index (χ0v) is 12.6. The lowest BCUT2D eigenvalue weighted by Gasteiger charge is -2.11. The standard InChI is InChI=1S/C13H17BrN4O/c1-8(2)3-9(5-15)13-17-12(18-19-13)10-4-11(14)7-16-6-10/h4,6-9H,3,5,15H2,1-2H3. The molecule has 6 heteroatoms. The summed E-state index contributed by atoms with van der Waals surface area (Å²) in [5.41, 5.74) is 6.60. The Morgan fingerprint density at radius 2 is 2.16 bits per heavy atom. The van der Waals surface area contributed by atoms with Gasteiger partial charge in [-0.1, -0.05) is 19.0 Å². The van der Waals surface area contributed by atoms with E-state index in [0.717, 1.165) is 16.5 Å². The van der Waals surface area contributed by atoms with E-state index in [1.165, 1.54) is 0 Å². The molecule has 1 unspecified atom stereocenters. The molecule has 0 saturated heterocycles. The molecule has 0 bridgehead atoms. The van der Waals surface area contributed by atoms with E-state index < -0.39 is 0 Å². The van der Waals surface area contributed by atoms with Gasteiger partial charge in [-0.05, 0) is 34.3 Å². The second-order valence-electron chi connectivity index (χ2n) is 4.91. The Kier molecular flexibility index (Phi) is 4.66. The van der Waals surface area contributed by atoms with Crippen LogP contribution in [0.2, 0.25) is 0 Å². The lowest BCUT2D eigenvalue weighted by molar-refractivity contribution is 0.335. The Bertz CT molecular complexity index is 541. The highest BCUT2D eigenvalue weighted by Gasteiger charge is 2.19. The highest BCUT2D eigenvalue weighted by molar-refractivity contribution is 9.10. The summed E-state index contributed by atoms with van der Waals surface area (Å²) in [6, 6.07) is 1.90. The average molecular weight is 325 g/mol. The predicted molar refractivity (Wildman–Crippen MR) is 76.5 cm³/mol. The largest absolute Gasteiger partial charge is 0.339 e. The van der Waals surface area contributed by atoms with Crippen molar-refractivity contribution in [1.29, 1.82) is 0 Å². The summed E-state index contributed by atoms with van der Waals surface area (Å²) in [5, 5.41) is 4.00. The summed E-state index contributed by atoms with van der Waals surface area (Å²) >= 11 is 3.37. The Morgan fingerprint density at radius 3 is 2.79 bits per heavy atom. The molecule has 102 valence electrons. The molecular weight excluding hydrogens is 308 g/mol. The van der Waals surface area contributed by atoms with Crippen molar-refractivity contribution in [2.45, 2.75) is 26.2 Å². The highest BCUT2D eigenvalue weighted by Crippen LogP contribution is 2.24. The third-order valence-corrected chi connectivity index (χ3v) is 3.23. The Balaban J connectivity index is 2.23. The van der Waals surface area contributed by atoms with Gasteiger partial charge in [-0.15, -0.1) is 0 Å². The van der Waals surface area contributed by atoms with Gasteiger partial charge in [0.05, 0.1) is 5.92 Å². The number of nitrogens with zero attached hydrogens (tertiary/aromatic N) is 3. The van der Waals surface area contributed by atoms with Crippen molar-refractivity contribution >= 4 is 15.9 Å². The molecule has 0 aliphatic heterocycles. The van der Waals surface area contributed by atoms with Crippen LogP contribution >= 0.6 is 15.9 Å². The zero-order chi connectivity index (χ0) is 13.8. The first-order valence-corrected chi connectivity index (χ1v) is 7.04. The van der Waals surface area contributed by atoms with E-state index in [0.29, 0.717) is 24.2 Å². The molecule has 1 atom stereocenters. The Labute approximate surface area is 120 Å². The fraction of sp³-hybridized carbons (Fsp3) is 0.462. The summed E-state index contributed by atoms with van der Waals surface area (Å²) < 4.78 is 6.21. The maximum absolute atomic E-state index is 5.78. The van der Waals surface area contributed by atoms with Gasteiger partial charge in [-0.25, -0.2) is 0 Å². The first-order chi connectivity index (χ1) is 9.10. The molecule has 0 spiro atoms. The minimum absolute atomic E-state index is 0.112. The number of hydrogen-bond acceptors (Lipinski definition) is 5. The van der Waals surface area contributed by atoms with Gasteiger partial charge < -0.3 is 10.3 Å². The molecule has 0 amide bonds. The SMILES string of the molecule is CC(C)CC(CN)c1nc(-c2cncc(Br)c2)no1. The third-order valence-electron chi connectivity index (χ3n) is 2.79. The van der Waals surface area contributed by atoms with Crippen LogP contribution in [0.15, 0.2) is 27.5 Å². The summed E-state index contributed by atoms with van der Waals surface area (Å²) in [7, 11) is 0. The second kappa shape index (κ2) is 6.25. The van der Waals surface area contributed by atoms with Crippen LogP contribution < -0.4 is 5.73 Å². The van der Waals surface area contributed by atoms with Gasteiger partial charge in [-0.3, -0.25) is 4.98 Å². The van der Waals surface area contributed by atoms with E-state index in [2.05, 4.69) is 44.9 Å². The van der Waals surface area contributed by atoms with Crippen LogP contribution in [0.25, 0.3) is 11.4 Å². The normalized spacial score (nSPS) is 12.9. The van der Waals surface area contributed by atoms with Crippen LogP contribution in [0.3, 0.4) is 0 Å². The molecule has 2 rings (SSSR count). The van der Waals surface area contributed by atoms with Gasteiger partial charge in [0.1, 0.15) is 0 Å². The van der Waals surface area contributed by atoms with Gasteiger partial charge >= 0.3 is 0 Å². The first kappa shape index (κ1) is 14.1. The molecule has 2 aromatic heterocycles. The summed E-state index contributed by atoms with van der Waals surface area (Å²) in [6.07, 6.45) is 4.36. The predicted octanol–water partition coefficient (Wildman–Crippen LogP) is 2.98. The van der Waals surface area contributed by atoms with E-state index in [4.69, 9.17) is 10.3 Å². The minimum atomic E-state index is 0.112. The molecule has 19 heavy (non-hydrogen) atoms. The van der Waals surface area contributed by atoms with Crippen LogP contribution in [0.4, 0.5) is 0 Å². The van der Waals surface area contributed by atoms with Gasteiger partial charge in [-0.2, -0.15) is 4.98 Å². The van der Waals surface area contributed by atoms with E-state index >= 15 is 0 Å². The molecule has 0 fully saturated rings. The van der Waals surface area contributed by atoms with Crippen molar-refractivity contribution in [3.8, 4) is 11.4 Å². The van der Waals surface area contributed by atoms with Crippen molar-refractivity contribution in [3.63, 3.8) is 0 Å². The van der Waals surface area contributed by atoms with Crippen molar-refractivity contribution in [3.05, 3.63) is 28.8 Å². The maximum Gasteiger partial charge on any atom is 0.231 e. The fourth-order valence-corrected chi connectivity index (χ4v) is 2.28. The van der Waals surface area contributed by atoms with Crippen LogP contribution in [0, 0.1) is 5.92 Å². The van der Waals surface area contributed by atoms with Crippen molar-refractivity contribution in [1.82, 2.24) is 15.1 Å². The van der Waals surface area contributed by atoms with E-state index in [1.807, 2.05) is 6.07 Å². The zero-order valence-electron chi connectivity index (χ0n) is 11.0. The number of aromatic nitrogens is 3. The molecule has 2 heterocycles. The molecule has 0 aliphatic carbocycles. The number of nitrogens with two attached hydrogens (primary N) is 1. The number of pyridine rings is 1. The molecule has 0 radical (unpaired) electrons. The molecule has 2 N–H and O–H groups in total. The van der Waals surface area contributed by atoms with Crippen molar-refractivity contribution < 1.29 is 4.52 Å². The molecule has 0 aliphatic rings. The summed E-state index contributed by atoms with van der Waals surface area (Å²) in [6.45, 7) is 4.81. The minimum Gasteiger partial charge on any atom is -0.339 e. The second-order valence-corrected chi connectivity index (χ2v) is 5.83. The lowest BCUT2D eigenvalue weighted by atomic mass is 9.97. The summed E-state index contributed by atoms with van der Waals surface area (Å²) in [4.78, 5) is 8.52. The monoisotopic (exact) mass is 324 g/mol. The summed E-state index contributed by atoms with van der Waals surface area (Å²) in [5.74, 6) is 1.80. The Hall–Kier alpha value is -1.27. The van der Waals surface area contributed by atoms with E-state index in [-0.39, 0.29) is 5.92 Å². The van der Waals surface area contributed by atoms with Gasteiger partial charge in [0.15, 0.2) is 0 Å². The van der Waals surface area contributed by atoms with Crippen LogP contribution in [0.5, 0.6) is 0 Å². The number of hydrogen-bond donors (Lipinski definition) is 1. The maximum atomic E-state index is 5.78. The molecule has 2 aromatic rings. The van der Waals surface area contributed by atoms with Crippen molar-refractivity contribution in [2.24, 2.45) is 11.7 Å². The third kappa shape index (κ3) is 3.61. The van der Waals surface area contributed by atoms with Gasteiger partial charge in [0.25, 0.3) is 0 Å². The molecule has 0 saturated carbocycles. The first-order valence-electron chi connectivity index (χ1n) is 6.24. The van der Waals surface area contributed by atoms with E-state index in [1.54, 1.807) is 12.4 Å². The lowest BCUT2D eigenvalue weighted by Crippen LogP contribution is -2.15. The fourth-order valence-electron chi connectivity index (χ4n) is 1.92. The molecule has 0 aromatic carbocycles. The van der Waals surface area contributed by atoms with Gasteiger partial charge in [0, 0.05) is 29.0 Å².